The van der Waals surface area contributed by atoms with Gasteiger partial charge in [0.15, 0.2) is 5.13 Å². The van der Waals surface area contributed by atoms with E-state index in [1.165, 1.54) is 11.3 Å². The minimum Gasteiger partial charge on any atom is -0.335 e. The molecule has 2 amide bonds. The fourth-order valence-electron chi connectivity index (χ4n) is 3.42. The van der Waals surface area contributed by atoms with Crippen molar-refractivity contribution in [2.45, 2.75) is 37.8 Å². The third-order valence-electron chi connectivity index (χ3n) is 4.84. The molecule has 0 spiro atoms. The number of urea groups is 1. The quantitative estimate of drug-likeness (QED) is 0.728. The van der Waals surface area contributed by atoms with Crippen molar-refractivity contribution in [3.8, 4) is 0 Å². The van der Waals surface area contributed by atoms with E-state index in [4.69, 9.17) is 0 Å². The van der Waals surface area contributed by atoms with Gasteiger partial charge in [-0.05, 0) is 51.9 Å². The highest BCUT2D eigenvalue weighted by Crippen LogP contribution is 2.33. The van der Waals surface area contributed by atoms with Crippen LogP contribution in [0.4, 0.5) is 9.93 Å². The van der Waals surface area contributed by atoms with Gasteiger partial charge in [0.05, 0.1) is 20.4 Å². The van der Waals surface area contributed by atoms with Gasteiger partial charge in [-0.15, -0.1) is 11.3 Å². The van der Waals surface area contributed by atoms with Crippen molar-refractivity contribution in [1.82, 2.24) is 20.2 Å². The monoisotopic (exact) mass is 375 g/mol. The molecule has 25 heavy (non-hydrogen) atoms. The Hall–Kier alpha value is -1.77. The zero-order valence-electron chi connectivity index (χ0n) is 14.3. The summed E-state index contributed by atoms with van der Waals surface area (Å²) in [6.45, 7) is 0. The first-order chi connectivity index (χ1) is 12.1. The molecule has 6 nitrogen and oxygen atoms in total. The van der Waals surface area contributed by atoms with Gasteiger partial charge in [0.2, 0.25) is 0 Å². The molecule has 0 bridgehead atoms. The van der Waals surface area contributed by atoms with E-state index in [1.54, 1.807) is 11.3 Å². The van der Waals surface area contributed by atoms with Gasteiger partial charge in [0, 0.05) is 12.1 Å². The third-order valence-corrected chi connectivity index (χ3v) is 6.63. The third kappa shape index (κ3) is 3.47. The summed E-state index contributed by atoms with van der Waals surface area (Å²) in [5.74, 6) is 0. The number of fused-ring (bicyclic) bond motifs is 3. The first kappa shape index (κ1) is 16.7. The standard InChI is InChI=1S/C17H21N5OS2/c1-22(2)11-5-3-10(4-6-11)19-16(23)21-17-20-12-7-8-13-14(15(12)25-17)18-9-24-13/h7-11H,3-6H2,1-2H3,(H2,19,20,21,23). The summed E-state index contributed by atoms with van der Waals surface area (Å²) in [7, 11) is 4.25. The molecule has 4 rings (SSSR count). The predicted octanol–water partition coefficient (Wildman–Crippen LogP) is 3.90. The van der Waals surface area contributed by atoms with Crippen molar-refractivity contribution in [3.63, 3.8) is 0 Å². The van der Waals surface area contributed by atoms with Crippen LogP contribution in [0.15, 0.2) is 17.6 Å². The number of nitrogens with one attached hydrogen (secondary N) is 2. The molecule has 0 unspecified atom stereocenters. The number of carbonyl (C=O) groups is 1. The lowest BCUT2D eigenvalue weighted by molar-refractivity contribution is 0.202. The molecular weight excluding hydrogens is 354 g/mol. The maximum atomic E-state index is 12.3. The van der Waals surface area contributed by atoms with Crippen molar-refractivity contribution >= 4 is 54.3 Å². The van der Waals surface area contributed by atoms with Crippen molar-refractivity contribution in [3.05, 3.63) is 17.6 Å². The lowest BCUT2D eigenvalue weighted by atomic mass is 9.91. The minimum absolute atomic E-state index is 0.165. The highest BCUT2D eigenvalue weighted by atomic mass is 32.1. The summed E-state index contributed by atoms with van der Waals surface area (Å²) < 4.78 is 2.17. The van der Waals surface area contributed by atoms with Crippen LogP contribution < -0.4 is 10.6 Å². The van der Waals surface area contributed by atoms with Crippen LogP contribution >= 0.6 is 22.7 Å². The van der Waals surface area contributed by atoms with E-state index in [0.717, 1.165) is 46.1 Å². The largest absolute Gasteiger partial charge is 0.335 e. The Kier molecular flexibility index (Phi) is 4.58. The molecule has 0 radical (unpaired) electrons. The van der Waals surface area contributed by atoms with Gasteiger partial charge < -0.3 is 10.2 Å². The molecule has 1 fully saturated rings. The maximum Gasteiger partial charge on any atom is 0.321 e. The van der Waals surface area contributed by atoms with Crippen LogP contribution in [0.25, 0.3) is 20.4 Å². The van der Waals surface area contributed by atoms with Crippen LogP contribution in [0.3, 0.4) is 0 Å². The molecule has 1 aliphatic rings. The first-order valence-electron chi connectivity index (χ1n) is 8.47. The number of hydrogen-bond donors (Lipinski definition) is 2. The fourth-order valence-corrected chi connectivity index (χ4v) is 5.13. The number of hydrogen-bond acceptors (Lipinski definition) is 6. The molecule has 0 saturated heterocycles. The van der Waals surface area contributed by atoms with Gasteiger partial charge in [-0.25, -0.2) is 14.8 Å². The number of rotatable bonds is 3. The molecule has 2 heterocycles. The second kappa shape index (κ2) is 6.86. The van der Waals surface area contributed by atoms with E-state index in [0.29, 0.717) is 11.2 Å². The molecule has 3 aromatic rings. The molecule has 2 N–H and O–H groups in total. The van der Waals surface area contributed by atoms with Gasteiger partial charge in [0.1, 0.15) is 5.52 Å². The van der Waals surface area contributed by atoms with Crippen LogP contribution in [0.5, 0.6) is 0 Å². The SMILES string of the molecule is CN(C)C1CCC(NC(=O)Nc2nc3ccc4scnc4c3s2)CC1. The van der Waals surface area contributed by atoms with Gasteiger partial charge >= 0.3 is 6.03 Å². The van der Waals surface area contributed by atoms with Gasteiger partial charge in [-0.1, -0.05) is 11.3 Å². The summed E-state index contributed by atoms with van der Waals surface area (Å²) in [5.41, 5.74) is 3.69. The summed E-state index contributed by atoms with van der Waals surface area (Å²) >= 11 is 3.10. The van der Waals surface area contributed by atoms with Crippen molar-refractivity contribution in [1.29, 1.82) is 0 Å². The van der Waals surface area contributed by atoms with E-state index in [9.17, 15) is 4.79 Å². The summed E-state index contributed by atoms with van der Waals surface area (Å²) in [6, 6.07) is 4.73. The first-order valence-corrected chi connectivity index (χ1v) is 10.2. The number of thiazole rings is 2. The normalized spacial score (nSPS) is 21.1. The Bertz CT molecular complexity index is 895. The molecule has 1 saturated carbocycles. The Morgan fingerprint density at radius 2 is 2.04 bits per heavy atom. The van der Waals surface area contributed by atoms with E-state index in [-0.39, 0.29) is 12.1 Å². The average Bonchev–Trinajstić information content (AvgIpc) is 3.20. The number of aromatic nitrogens is 2. The van der Waals surface area contributed by atoms with Crippen molar-refractivity contribution < 1.29 is 4.79 Å². The molecule has 0 aliphatic heterocycles. The van der Waals surface area contributed by atoms with Crippen LogP contribution in [0.1, 0.15) is 25.7 Å². The van der Waals surface area contributed by atoms with E-state index in [1.807, 2.05) is 17.6 Å². The average molecular weight is 376 g/mol. The molecule has 1 aliphatic carbocycles. The number of carbonyl (C=O) groups excluding carboxylic acids is 1. The molecule has 1 aromatic carbocycles. The van der Waals surface area contributed by atoms with Crippen LogP contribution in [0, 0.1) is 0 Å². The smallest absolute Gasteiger partial charge is 0.321 e. The molecule has 0 atom stereocenters. The highest BCUT2D eigenvalue weighted by molar-refractivity contribution is 7.24. The zero-order chi connectivity index (χ0) is 17.4. The predicted molar refractivity (Wildman–Crippen MR) is 105 cm³/mol. The van der Waals surface area contributed by atoms with Crippen LogP contribution in [-0.4, -0.2) is 47.1 Å². The fraction of sp³-hybridized carbons (Fsp3) is 0.471. The van der Waals surface area contributed by atoms with Gasteiger partial charge in [-0.2, -0.15) is 0 Å². The second-order valence-electron chi connectivity index (χ2n) is 6.70. The number of benzene rings is 1. The Labute approximate surface area is 154 Å². The minimum atomic E-state index is -0.165. The van der Waals surface area contributed by atoms with E-state index < -0.39 is 0 Å². The topological polar surface area (TPSA) is 70.2 Å². The van der Waals surface area contributed by atoms with Crippen molar-refractivity contribution in [2.75, 3.05) is 19.4 Å². The number of anilines is 1. The summed E-state index contributed by atoms with van der Waals surface area (Å²) in [6.07, 6.45) is 4.30. The molecule has 2 aromatic heterocycles. The number of amides is 2. The molecule has 8 heteroatoms. The van der Waals surface area contributed by atoms with E-state index >= 15 is 0 Å². The van der Waals surface area contributed by atoms with E-state index in [2.05, 4.69) is 39.6 Å². The Balaban J connectivity index is 1.40. The highest BCUT2D eigenvalue weighted by Gasteiger charge is 2.23. The van der Waals surface area contributed by atoms with Crippen molar-refractivity contribution in [2.24, 2.45) is 0 Å². The lowest BCUT2D eigenvalue weighted by Crippen LogP contribution is -2.43. The summed E-state index contributed by atoms with van der Waals surface area (Å²) in [4.78, 5) is 23.5. The van der Waals surface area contributed by atoms with Crippen LogP contribution in [-0.2, 0) is 0 Å². The van der Waals surface area contributed by atoms with Gasteiger partial charge in [-0.3, -0.25) is 5.32 Å². The van der Waals surface area contributed by atoms with Gasteiger partial charge in [0.25, 0.3) is 0 Å². The zero-order valence-corrected chi connectivity index (χ0v) is 15.9. The Morgan fingerprint density at radius 1 is 1.24 bits per heavy atom. The molecule has 132 valence electrons. The number of nitrogens with zero attached hydrogens (tertiary/aromatic N) is 3. The Morgan fingerprint density at radius 3 is 2.80 bits per heavy atom. The summed E-state index contributed by atoms with van der Waals surface area (Å²) in [5, 5.41) is 6.60. The lowest BCUT2D eigenvalue weighted by Gasteiger charge is -2.32. The maximum absolute atomic E-state index is 12.3. The van der Waals surface area contributed by atoms with Crippen LogP contribution in [0.2, 0.25) is 0 Å². The molecular formula is C17H21N5OS2. The second-order valence-corrected chi connectivity index (χ2v) is 8.58.